The van der Waals surface area contributed by atoms with Gasteiger partial charge in [-0.15, -0.1) is 0 Å². The molecule has 2 aromatic rings. The van der Waals surface area contributed by atoms with E-state index >= 15 is 0 Å². The van der Waals surface area contributed by atoms with Gasteiger partial charge in [-0.3, -0.25) is 4.79 Å². The van der Waals surface area contributed by atoms with E-state index in [1.54, 1.807) is 24.3 Å². The van der Waals surface area contributed by atoms with Gasteiger partial charge in [-0.25, -0.2) is 0 Å². The molecule has 2 aliphatic rings. The molecule has 2 heterocycles. The molecule has 130 valence electrons. The SMILES string of the molecule is O=C(C(Oc1ccc(Cl)cc1)c1ccccc1)N1C[C@H]2CNC[C@H]2C1. The van der Waals surface area contributed by atoms with Crippen molar-refractivity contribution in [1.82, 2.24) is 10.2 Å². The van der Waals surface area contributed by atoms with Crippen LogP contribution in [0.2, 0.25) is 5.02 Å². The Kier molecular flexibility index (Phi) is 4.64. The summed E-state index contributed by atoms with van der Waals surface area (Å²) in [6, 6.07) is 16.8. The summed E-state index contributed by atoms with van der Waals surface area (Å²) in [4.78, 5) is 15.2. The summed E-state index contributed by atoms with van der Waals surface area (Å²) in [6.45, 7) is 3.62. The molecule has 0 spiro atoms. The third-order valence-corrected chi connectivity index (χ3v) is 5.35. The first-order chi connectivity index (χ1) is 12.2. The van der Waals surface area contributed by atoms with E-state index in [9.17, 15) is 4.79 Å². The van der Waals surface area contributed by atoms with E-state index < -0.39 is 6.10 Å². The molecule has 1 N–H and O–H groups in total. The lowest BCUT2D eigenvalue weighted by atomic mass is 10.0. The van der Waals surface area contributed by atoms with Gasteiger partial charge in [0.2, 0.25) is 6.10 Å². The van der Waals surface area contributed by atoms with Crippen LogP contribution in [0.4, 0.5) is 0 Å². The van der Waals surface area contributed by atoms with E-state index in [4.69, 9.17) is 16.3 Å². The Balaban J connectivity index is 1.56. The lowest BCUT2D eigenvalue weighted by molar-refractivity contribution is -0.138. The van der Waals surface area contributed by atoms with Crippen LogP contribution in [0, 0.1) is 11.8 Å². The van der Waals surface area contributed by atoms with Crippen LogP contribution < -0.4 is 10.1 Å². The summed E-state index contributed by atoms with van der Waals surface area (Å²) in [5.41, 5.74) is 0.873. The average molecular weight is 357 g/mol. The Morgan fingerprint density at radius 3 is 2.32 bits per heavy atom. The number of carbonyl (C=O) groups is 1. The number of nitrogens with one attached hydrogen (secondary N) is 1. The zero-order valence-corrected chi connectivity index (χ0v) is 14.7. The minimum absolute atomic E-state index is 0.0375. The molecule has 0 saturated carbocycles. The summed E-state index contributed by atoms with van der Waals surface area (Å²) in [7, 11) is 0. The molecule has 1 unspecified atom stereocenters. The fraction of sp³-hybridized carbons (Fsp3) is 0.350. The summed E-state index contributed by atoms with van der Waals surface area (Å²) >= 11 is 5.95. The molecule has 4 rings (SSSR count). The van der Waals surface area contributed by atoms with Crippen LogP contribution >= 0.6 is 11.6 Å². The Morgan fingerprint density at radius 2 is 1.68 bits per heavy atom. The molecule has 1 amide bonds. The molecule has 5 heteroatoms. The highest BCUT2D eigenvalue weighted by molar-refractivity contribution is 6.30. The van der Waals surface area contributed by atoms with Crippen LogP contribution in [-0.4, -0.2) is 37.0 Å². The van der Waals surface area contributed by atoms with Gasteiger partial charge >= 0.3 is 0 Å². The molecular weight excluding hydrogens is 336 g/mol. The molecule has 0 bridgehead atoms. The Labute approximate surface area is 152 Å². The number of halogens is 1. The molecule has 3 atom stereocenters. The molecule has 2 aliphatic heterocycles. The fourth-order valence-corrected chi connectivity index (χ4v) is 3.87. The van der Waals surface area contributed by atoms with Crippen molar-refractivity contribution in [3.05, 3.63) is 65.2 Å². The normalized spacial score (nSPS) is 23.3. The van der Waals surface area contributed by atoms with E-state index in [0.29, 0.717) is 22.6 Å². The molecule has 25 heavy (non-hydrogen) atoms. The molecule has 2 aromatic carbocycles. The van der Waals surface area contributed by atoms with E-state index in [0.717, 1.165) is 31.7 Å². The van der Waals surface area contributed by atoms with Crippen molar-refractivity contribution < 1.29 is 9.53 Å². The van der Waals surface area contributed by atoms with Crippen molar-refractivity contribution in [3.8, 4) is 5.75 Å². The molecule has 2 saturated heterocycles. The van der Waals surface area contributed by atoms with Crippen LogP contribution in [-0.2, 0) is 4.79 Å². The van der Waals surface area contributed by atoms with Crippen molar-refractivity contribution in [3.63, 3.8) is 0 Å². The van der Waals surface area contributed by atoms with Crippen molar-refractivity contribution in [2.45, 2.75) is 6.10 Å². The number of fused-ring (bicyclic) bond motifs is 1. The number of hydrogen-bond donors (Lipinski definition) is 1. The number of nitrogens with zero attached hydrogens (tertiary/aromatic N) is 1. The fourth-order valence-electron chi connectivity index (χ4n) is 3.74. The van der Waals surface area contributed by atoms with Gasteiger partial charge in [0.25, 0.3) is 5.91 Å². The Bertz CT molecular complexity index is 723. The lowest BCUT2D eigenvalue weighted by Crippen LogP contribution is -2.37. The van der Waals surface area contributed by atoms with Crippen molar-refractivity contribution in [2.24, 2.45) is 11.8 Å². The summed E-state index contributed by atoms with van der Waals surface area (Å²) in [5.74, 6) is 1.81. The second-order valence-electron chi connectivity index (χ2n) is 6.78. The number of carbonyl (C=O) groups excluding carboxylic acids is 1. The molecular formula is C20H21ClN2O2. The van der Waals surface area contributed by atoms with E-state index in [-0.39, 0.29) is 5.91 Å². The van der Waals surface area contributed by atoms with Crippen LogP contribution in [0.1, 0.15) is 11.7 Å². The van der Waals surface area contributed by atoms with Crippen molar-refractivity contribution in [2.75, 3.05) is 26.2 Å². The molecule has 0 aliphatic carbocycles. The molecule has 2 fully saturated rings. The topological polar surface area (TPSA) is 41.6 Å². The smallest absolute Gasteiger partial charge is 0.268 e. The number of ether oxygens (including phenoxy) is 1. The highest BCUT2D eigenvalue weighted by Crippen LogP contribution is 2.31. The summed E-state index contributed by atoms with van der Waals surface area (Å²) in [6.07, 6.45) is -0.630. The van der Waals surface area contributed by atoms with Crippen LogP contribution in [0.25, 0.3) is 0 Å². The minimum atomic E-state index is -0.630. The van der Waals surface area contributed by atoms with Gasteiger partial charge in [-0.1, -0.05) is 41.9 Å². The van der Waals surface area contributed by atoms with E-state index in [1.165, 1.54) is 0 Å². The number of amides is 1. The summed E-state index contributed by atoms with van der Waals surface area (Å²) < 4.78 is 6.09. The van der Waals surface area contributed by atoms with Crippen LogP contribution in [0.3, 0.4) is 0 Å². The zero-order valence-electron chi connectivity index (χ0n) is 13.9. The maximum atomic E-state index is 13.2. The minimum Gasteiger partial charge on any atom is -0.476 e. The lowest BCUT2D eigenvalue weighted by Gasteiger charge is -2.25. The first-order valence-corrected chi connectivity index (χ1v) is 9.05. The van der Waals surface area contributed by atoms with Gasteiger partial charge in [0, 0.05) is 36.8 Å². The van der Waals surface area contributed by atoms with Gasteiger partial charge in [0.1, 0.15) is 5.75 Å². The number of benzene rings is 2. The predicted octanol–water partition coefficient (Wildman–Crippen LogP) is 3.14. The van der Waals surface area contributed by atoms with Crippen LogP contribution in [0.15, 0.2) is 54.6 Å². The standard InChI is InChI=1S/C20H21ClN2O2/c21-17-6-8-18(9-7-17)25-19(14-4-2-1-3-5-14)20(24)23-12-15-10-22-11-16(15)13-23/h1-9,15-16,19,22H,10-13H2/t15-,16+,19?. The molecule has 0 radical (unpaired) electrons. The number of hydrogen-bond acceptors (Lipinski definition) is 3. The van der Waals surface area contributed by atoms with Gasteiger partial charge in [0.15, 0.2) is 0 Å². The highest BCUT2D eigenvalue weighted by atomic mass is 35.5. The zero-order chi connectivity index (χ0) is 17.2. The Morgan fingerprint density at radius 1 is 1.04 bits per heavy atom. The third kappa shape index (κ3) is 3.51. The van der Waals surface area contributed by atoms with Crippen molar-refractivity contribution >= 4 is 17.5 Å². The first-order valence-electron chi connectivity index (χ1n) is 8.67. The largest absolute Gasteiger partial charge is 0.476 e. The second-order valence-corrected chi connectivity index (χ2v) is 7.22. The van der Waals surface area contributed by atoms with Gasteiger partial charge < -0.3 is 15.0 Å². The molecule has 0 aromatic heterocycles. The van der Waals surface area contributed by atoms with E-state index in [1.807, 2.05) is 35.2 Å². The second kappa shape index (κ2) is 7.06. The van der Waals surface area contributed by atoms with E-state index in [2.05, 4.69) is 5.32 Å². The maximum absolute atomic E-state index is 13.2. The monoisotopic (exact) mass is 356 g/mol. The van der Waals surface area contributed by atoms with Gasteiger partial charge in [-0.05, 0) is 36.1 Å². The van der Waals surface area contributed by atoms with Gasteiger partial charge in [-0.2, -0.15) is 0 Å². The van der Waals surface area contributed by atoms with Gasteiger partial charge in [0.05, 0.1) is 0 Å². The number of likely N-dealkylation sites (tertiary alicyclic amines) is 1. The predicted molar refractivity (Wildman–Crippen MR) is 97.7 cm³/mol. The van der Waals surface area contributed by atoms with Crippen LogP contribution in [0.5, 0.6) is 5.75 Å². The number of rotatable bonds is 4. The Hall–Kier alpha value is -2.04. The highest BCUT2D eigenvalue weighted by Gasteiger charge is 2.40. The quantitative estimate of drug-likeness (QED) is 0.915. The third-order valence-electron chi connectivity index (χ3n) is 5.10. The first kappa shape index (κ1) is 16.4. The molecule has 4 nitrogen and oxygen atoms in total. The maximum Gasteiger partial charge on any atom is 0.268 e. The average Bonchev–Trinajstić information content (AvgIpc) is 3.23. The van der Waals surface area contributed by atoms with Crippen molar-refractivity contribution in [1.29, 1.82) is 0 Å². The summed E-state index contributed by atoms with van der Waals surface area (Å²) in [5, 5.41) is 4.06.